The molecule has 0 aliphatic heterocycles. The van der Waals surface area contributed by atoms with Crippen LogP contribution in [0.5, 0.6) is 0 Å². The molecule has 1 rings (SSSR count). The van der Waals surface area contributed by atoms with Crippen LogP contribution in [0, 0.1) is 0 Å². The highest BCUT2D eigenvalue weighted by atomic mass is 16.4. The Hall–Kier alpha value is -1.35. The Bertz CT molecular complexity index is 533. The predicted octanol–water partition coefficient (Wildman–Crippen LogP) is 7.87. The van der Waals surface area contributed by atoms with Crippen LogP contribution in [0.1, 0.15) is 123 Å². The number of nitrogens with one attached hydrogen (secondary N) is 1. The highest BCUT2D eigenvalue weighted by molar-refractivity contribution is 5.66. The molecule has 0 bridgehead atoms. The number of hydrogen-bond donors (Lipinski definition) is 2. The van der Waals surface area contributed by atoms with Crippen molar-refractivity contribution >= 4 is 5.97 Å². The molecule has 0 aliphatic carbocycles. The molecule has 3 heteroatoms. The van der Waals surface area contributed by atoms with Crippen molar-refractivity contribution in [1.29, 1.82) is 0 Å². The molecular formula is C27H49NO2. The summed E-state index contributed by atoms with van der Waals surface area (Å²) in [6.45, 7) is 12.3. The van der Waals surface area contributed by atoms with Gasteiger partial charge in [0.05, 0.1) is 0 Å². The Labute approximate surface area is 187 Å². The monoisotopic (exact) mass is 419 g/mol. The topological polar surface area (TPSA) is 49.3 Å². The van der Waals surface area contributed by atoms with Crippen LogP contribution in [-0.4, -0.2) is 17.6 Å². The Kier molecular flexibility index (Phi) is 17.6. The summed E-state index contributed by atoms with van der Waals surface area (Å²) in [5, 5.41) is 12.0. The molecule has 0 atom stereocenters. The summed E-state index contributed by atoms with van der Waals surface area (Å²) in [4.78, 5) is 9.87. The highest BCUT2D eigenvalue weighted by Gasteiger charge is 2.31. The average Bonchev–Trinajstić information content (AvgIpc) is 2.75. The summed E-state index contributed by atoms with van der Waals surface area (Å²) in [6, 6.07) is 9.19. The van der Waals surface area contributed by atoms with Crippen molar-refractivity contribution in [3.05, 3.63) is 35.4 Å². The summed E-state index contributed by atoms with van der Waals surface area (Å²) in [5.74, 6) is -0.682. The maximum atomic E-state index is 9.87. The minimum Gasteiger partial charge on any atom is -0.481 e. The molecule has 0 aromatic heterocycles. The second-order valence-corrected chi connectivity index (χ2v) is 8.43. The van der Waals surface area contributed by atoms with E-state index in [1.165, 1.54) is 57.8 Å². The molecule has 174 valence electrons. The lowest BCUT2D eigenvalue weighted by atomic mass is 9.77. The van der Waals surface area contributed by atoms with E-state index in [1.807, 2.05) is 0 Å². The van der Waals surface area contributed by atoms with Crippen molar-refractivity contribution in [3.63, 3.8) is 0 Å². The lowest BCUT2D eigenvalue weighted by molar-refractivity contribution is -0.137. The lowest BCUT2D eigenvalue weighted by Crippen LogP contribution is -2.43. The fourth-order valence-electron chi connectivity index (χ4n) is 4.06. The fourth-order valence-corrected chi connectivity index (χ4v) is 4.06. The molecule has 0 fully saturated rings. The molecule has 2 N–H and O–H groups in total. The van der Waals surface area contributed by atoms with E-state index in [1.54, 1.807) is 11.1 Å². The smallest absolute Gasteiger partial charge is 0.303 e. The number of unbranched alkanes of at least 4 members (excludes halogenated alkanes) is 5. The lowest BCUT2D eigenvalue weighted by Gasteiger charge is -2.37. The molecule has 1 aromatic rings. The van der Waals surface area contributed by atoms with Gasteiger partial charge in [0.2, 0.25) is 0 Å². The van der Waals surface area contributed by atoms with E-state index in [0.717, 1.165) is 25.8 Å². The molecule has 0 unspecified atom stereocenters. The summed E-state index contributed by atoms with van der Waals surface area (Å²) in [6.07, 6.45) is 14.7. The number of carbonyl (C=O) groups is 1. The normalized spacial score (nSPS) is 11.1. The van der Waals surface area contributed by atoms with Crippen molar-refractivity contribution in [2.75, 3.05) is 6.54 Å². The maximum absolute atomic E-state index is 9.87. The zero-order valence-electron chi connectivity index (χ0n) is 20.6. The van der Waals surface area contributed by atoms with Crippen molar-refractivity contribution in [3.8, 4) is 0 Å². The second kappa shape index (κ2) is 18.4. The summed E-state index contributed by atoms with van der Waals surface area (Å²) < 4.78 is 0. The van der Waals surface area contributed by atoms with Gasteiger partial charge in [-0.05, 0) is 49.8 Å². The zero-order chi connectivity index (χ0) is 22.7. The molecule has 0 spiro atoms. The third-order valence-corrected chi connectivity index (χ3v) is 5.76. The van der Waals surface area contributed by atoms with E-state index in [9.17, 15) is 4.79 Å². The van der Waals surface area contributed by atoms with Gasteiger partial charge in [-0.15, -0.1) is 0 Å². The first-order valence-corrected chi connectivity index (χ1v) is 12.6. The molecule has 1 aromatic carbocycles. The van der Waals surface area contributed by atoms with E-state index < -0.39 is 5.97 Å². The first-order chi connectivity index (χ1) is 14.5. The van der Waals surface area contributed by atoms with Gasteiger partial charge >= 0.3 is 5.97 Å². The second-order valence-electron chi connectivity index (χ2n) is 8.43. The number of carboxylic acid groups (broad SMARTS) is 1. The van der Waals surface area contributed by atoms with Gasteiger partial charge in [-0.25, -0.2) is 0 Å². The Morgan fingerprint density at radius 1 is 0.833 bits per heavy atom. The molecule has 0 heterocycles. The van der Waals surface area contributed by atoms with Crippen LogP contribution in [0.4, 0.5) is 0 Å². The molecule has 30 heavy (non-hydrogen) atoms. The van der Waals surface area contributed by atoms with Crippen LogP contribution in [-0.2, 0) is 16.8 Å². The van der Waals surface area contributed by atoms with Crippen LogP contribution in [0.2, 0.25) is 0 Å². The quantitative estimate of drug-likeness (QED) is 0.268. The van der Waals surface area contributed by atoms with Crippen molar-refractivity contribution in [2.24, 2.45) is 0 Å². The van der Waals surface area contributed by atoms with E-state index >= 15 is 0 Å². The maximum Gasteiger partial charge on any atom is 0.303 e. The third-order valence-electron chi connectivity index (χ3n) is 5.76. The number of carboxylic acids is 1. The minimum atomic E-state index is -0.682. The summed E-state index contributed by atoms with van der Waals surface area (Å²) in [5.41, 5.74) is 3.33. The van der Waals surface area contributed by atoms with Gasteiger partial charge in [0.1, 0.15) is 0 Å². The molecule has 0 aliphatic rings. The van der Waals surface area contributed by atoms with Gasteiger partial charge in [0, 0.05) is 12.0 Å². The summed E-state index contributed by atoms with van der Waals surface area (Å²) >= 11 is 0. The molecular weight excluding hydrogens is 370 g/mol. The summed E-state index contributed by atoms with van der Waals surface area (Å²) in [7, 11) is 0. The van der Waals surface area contributed by atoms with Gasteiger partial charge < -0.3 is 10.4 Å². The predicted molar refractivity (Wildman–Crippen MR) is 131 cm³/mol. The number of hydrogen-bond acceptors (Lipinski definition) is 2. The van der Waals surface area contributed by atoms with E-state index in [2.05, 4.69) is 64.2 Å². The molecule has 0 saturated carbocycles. The van der Waals surface area contributed by atoms with Gasteiger partial charge in [0.25, 0.3) is 0 Å². The molecule has 0 saturated heterocycles. The van der Waals surface area contributed by atoms with Gasteiger partial charge in [-0.2, -0.15) is 0 Å². The van der Waals surface area contributed by atoms with Gasteiger partial charge in [-0.1, -0.05) is 104 Å². The van der Waals surface area contributed by atoms with Crippen LogP contribution >= 0.6 is 0 Å². The van der Waals surface area contributed by atoms with Gasteiger partial charge in [0.15, 0.2) is 0 Å². The first kappa shape index (κ1) is 28.6. The Balaban J connectivity index is 0.000000890. The Morgan fingerprint density at radius 2 is 1.40 bits per heavy atom. The largest absolute Gasteiger partial charge is 0.481 e. The van der Waals surface area contributed by atoms with E-state index in [-0.39, 0.29) is 5.54 Å². The van der Waals surface area contributed by atoms with E-state index in [0.29, 0.717) is 6.42 Å². The SMILES string of the molecule is CCCCCC(=O)O.CCCCc1ccccc1C(CCCC)(CCCC)NCC. The van der Waals surface area contributed by atoms with Crippen LogP contribution in [0.15, 0.2) is 24.3 Å². The molecule has 3 nitrogen and oxygen atoms in total. The van der Waals surface area contributed by atoms with Crippen LogP contribution in [0.3, 0.4) is 0 Å². The zero-order valence-corrected chi connectivity index (χ0v) is 20.6. The molecule has 0 radical (unpaired) electrons. The minimum absolute atomic E-state index is 0.186. The third kappa shape index (κ3) is 11.7. The average molecular weight is 420 g/mol. The molecule has 0 amide bonds. The number of rotatable bonds is 16. The van der Waals surface area contributed by atoms with E-state index in [4.69, 9.17) is 5.11 Å². The van der Waals surface area contributed by atoms with Crippen molar-refractivity contribution < 1.29 is 9.90 Å². The highest BCUT2D eigenvalue weighted by Crippen LogP contribution is 2.35. The number of aryl methyl sites for hydroxylation is 1. The number of aliphatic carboxylic acids is 1. The first-order valence-electron chi connectivity index (χ1n) is 12.6. The van der Waals surface area contributed by atoms with Crippen LogP contribution < -0.4 is 5.32 Å². The van der Waals surface area contributed by atoms with Crippen molar-refractivity contribution in [1.82, 2.24) is 5.32 Å². The fraction of sp³-hybridized carbons (Fsp3) is 0.741. The standard InChI is InChI=1S/C21H37N.C6H12O2/c1-5-9-14-19-15-12-13-16-20(19)21(22-8-4,17-10-6-2)18-11-7-3;1-2-3-4-5-6(7)8/h12-13,15-16,22H,5-11,14,17-18H2,1-4H3;2-5H2,1H3,(H,7,8). The van der Waals surface area contributed by atoms with Gasteiger partial charge in [-0.3, -0.25) is 4.79 Å². The number of benzene rings is 1. The van der Waals surface area contributed by atoms with Crippen LogP contribution in [0.25, 0.3) is 0 Å². The van der Waals surface area contributed by atoms with Crippen molar-refractivity contribution in [2.45, 2.75) is 124 Å². The Morgan fingerprint density at radius 3 is 1.90 bits per heavy atom.